The highest BCUT2D eigenvalue weighted by Gasteiger charge is 2.07. The number of amides is 1. The van der Waals surface area contributed by atoms with Crippen LogP contribution in [0.2, 0.25) is 0 Å². The van der Waals surface area contributed by atoms with Crippen LogP contribution in [0, 0.1) is 0 Å². The van der Waals surface area contributed by atoms with Gasteiger partial charge in [0, 0.05) is 11.3 Å². The minimum atomic E-state index is -0.223. The van der Waals surface area contributed by atoms with Gasteiger partial charge in [-0.1, -0.05) is 18.2 Å². The molecule has 0 radical (unpaired) electrons. The Labute approximate surface area is 141 Å². The Kier molecular flexibility index (Phi) is 6.19. The van der Waals surface area contributed by atoms with Gasteiger partial charge >= 0.3 is 0 Å². The molecule has 0 saturated carbocycles. The van der Waals surface area contributed by atoms with E-state index in [0.29, 0.717) is 17.2 Å². The van der Waals surface area contributed by atoms with E-state index in [-0.39, 0.29) is 12.5 Å². The summed E-state index contributed by atoms with van der Waals surface area (Å²) in [6.07, 6.45) is 0. The van der Waals surface area contributed by atoms with Gasteiger partial charge in [0.2, 0.25) is 0 Å². The zero-order chi connectivity index (χ0) is 17.4. The average Bonchev–Trinajstić information content (AvgIpc) is 2.64. The van der Waals surface area contributed by atoms with Crippen molar-refractivity contribution >= 4 is 17.3 Å². The number of rotatable bonds is 7. The number of nitrogens with zero attached hydrogens (tertiary/aromatic N) is 1. The molecule has 0 bridgehead atoms. The fraction of sp³-hybridized carbons (Fsp3) is 0.222. The van der Waals surface area contributed by atoms with Gasteiger partial charge in [-0.25, -0.2) is 5.43 Å². The van der Waals surface area contributed by atoms with Gasteiger partial charge < -0.3 is 14.8 Å². The van der Waals surface area contributed by atoms with Crippen LogP contribution in [0.15, 0.2) is 53.6 Å². The van der Waals surface area contributed by atoms with Crippen molar-refractivity contribution in [3.8, 4) is 11.5 Å². The zero-order valence-electron chi connectivity index (χ0n) is 14.0. The summed E-state index contributed by atoms with van der Waals surface area (Å²) in [5.74, 6) is 1.03. The van der Waals surface area contributed by atoms with E-state index in [2.05, 4.69) is 15.8 Å². The molecule has 6 heteroatoms. The Balaban J connectivity index is 1.94. The summed E-state index contributed by atoms with van der Waals surface area (Å²) in [7, 11) is 3.16. The highest BCUT2D eigenvalue weighted by molar-refractivity contribution is 5.99. The third-order valence-corrected chi connectivity index (χ3v) is 3.38. The van der Waals surface area contributed by atoms with Crippen molar-refractivity contribution in [2.75, 3.05) is 26.1 Å². The third-order valence-electron chi connectivity index (χ3n) is 3.38. The summed E-state index contributed by atoms with van der Waals surface area (Å²) in [5.41, 5.74) is 4.92. The van der Waals surface area contributed by atoms with Crippen LogP contribution < -0.4 is 20.2 Å². The van der Waals surface area contributed by atoms with Gasteiger partial charge in [-0.3, -0.25) is 4.79 Å². The van der Waals surface area contributed by atoms with Crippen molar-refractivity contribution in [2.24, 2.45) is 5.10 Å². The van der Waals surface area contributed by atoms with Crippen LogP contribution in [0.5, 0.6) is 11.5 Å². The van der Waals surface area contributed by atoms with E-state index in [1.54, 1.807) is 20.3 Å². The van der Waals surface area contributed by atoms with Crippen molar-refractivity contribution in [1.82, 2.24) is 5.43 Å². The first-order chi connectivity index (χ1) is 11.6. The molecule has 2 rings (SSSR count). The monoisotopic (exact) mass is 327 g/mol. The smallest absolute Gasteiger partial charge is 0.259 e. The molecule has 126 valence electrons. The number of carbonyl (C=O) groups excluding carboxylic acids is 1. The molecule has 1 amide bonds. The largest absolute Gasteiger partial charge is 0.493 e. The second-order valence-electron chi connectivity index (χ2n) is 5.02. The molecule has 2 N–H and O–H groups in total. The maximum absolute atomic E-state index is 11.9. The highest BCUT2D eigenvalue weighted by atomic mass is 16.5. The molecule has 2 aromatic rings. The molecule has 24 heavy (non-hydrogen) atoms. The molecule has 2 aromatic carbocycles. The van der Waals surface area contributed by atoms with Crippen LogP contribution >= 0.6 is 0 Å². The van der Waals surface area contributed by atoms with E-state index in [4.69, 9.17) is 9.47 Å². The predicted molar refractivity (Wildman–Crippen MR) is 94.8 cm³/mol. The molecule has 0 heterocycles. The molecule has 6 nitrogen and oxygen atoms in total. The van der Waals surface area contributed by atoms with E-state index < -0.39 is 0 Å². The first-order valence-corrected chi connectivity index (χ1v) is 7.48. The molecule has 0 aliphatic rings. The van der Waals surface area contributed by atoms with Crippen LogP contribution in [0.1, 0.15) is 12.5 Å². The van der Waals surface area contributed by atoms with Crippen LogP contribution in [0.4, 0.5) is 5.69 Å². The van der Waals surface area contributed by atoms with Crippen molar-refractivity contribution in [2.45, 2.75) is 6.92 Å². The van der Waals surface area contributed by atoms with E-state index in [0.717, 1.165) is 11.3 Å². The van der Waals surface area contributed by atoms with E-state index in [9.17, 15) is 4.79 Å². The lowest BCUT2D eigenvalue weighted by Gasteiger charge is -2.09. The standard InChI is InChI=1S/C18H21N3O3/c1-13(14-9-10-16(23-2)17(11-14)24-3)20-21-18(22)12-19-15-7-5-4-6-8-15/h4-11,19H,12H2,1-3H3,(H,21,22)/b20-13-. The van der Waals surface area contributed by atoms with E-state index >= 15 is 0 Å². The summed E-state index contributed by atoms with van der Waals surface area (Å²) >= 11 is 0. The maximum atomic E-state index is 11.9. The van der Waals surface area contributed by atoms with Crippen LogP contribution in [-0.4, -0.2) is 32.4 Å². The SMILES string of the molecule is COc1ccc(/C(C)=N\NC(=O)CNc2ccccc2)cc1OC. The minimum Gasteiger partial charge on any atom is -0.493 e. The molecule has 0 fully saturated rings. The van der Waals surface area contributed by atoms with Crippen LogP contribution in [0.25, 0.3) is 0 Å². The zero-order valence-corrected chi connectivity index (χ0v) is 14.0. The number of benzene rings is 2. The number of para-hydroxylation sites is 1. The van der Waals surface area contributed by atoms with Gasteiger partial charge in [0.05, 0.1) is 26.5 Å². The van der Waals surface area contributed by atoms with E-state index in [1.165, 1.54) is 0 Å². The minimum absolute atomic E-state index is 0.146. The van der Waals surface area contributed by atoms with Gasteiger partial charge in [0.25, 0.3) is 5.91 Å². The summed E-state index contributed by atoms with van der Waals surface area (Å²) < 4.78 is 10.5. The fourth-order valence-corrected chi connectivity index (χ4v) is 2.05. The molecular weight excluding hydrogens is 306 g/mol. The molecular formula is C18H21N3O3. The summed E-state index contributed by atoms with van der Waals surface area (Å²) in [4.78, 5) is 11.9. The second kappa shape index (κ2) is 8.57. The molecule has 0 unspecified atom stereocenters. The lowest BCUT2D eigenvalue weighted by molar-refractivity contribution is -0.119. The lowest BCUT2D eigenvalue weighted by atomic mass is 10.1. The maximum Gasteiger partial charge on any atom is 0.259 e. The first-order valence-electron chi connectivity index (χ1n) is 7.48. The first kappa shape index (κ1) is 17.3. The Morgan fingerprint density at radius 2 is 1.75 bits per heavy atom. The van der Waals surface area contributed by atoms with Gasteiger partial charge in [0.1, 0.15) is 0 Å². The molecule has 0 aliphatic heterocycles. The Morgan fingerprint density at radius 1 is 1.04 bits per heavy atom. The van der Waals surface area contributed by atoms with E-state index in [1.807, 2.05) is 49.4 Å². The van der Waals surface area contributed by atoms with Crippen LogP contribution in [0.3, 0.4) is 0 Å². The number of ether oxygens (including phenoxy) is 2. The second-order valence-corrected chi connectivity index (χ2v) is 5.02. The number of nitrogens with one attached hydrogen (secondary N) is 2. The lowest BCUT2D eigenvalue weighted by Crippen LogP contribution is -2.26. The fourth-order valence-electron chi connectivity index (χ4n) is 2.05. The molecule has 0 spiro atoms. The van der Waals surface area contributed by atoms with Crippen molar-refractivity contribution in [3.63, 3.8) is 0 Å². The predicted octanol–water partition coefficient (Wildman–Crippen LogP) is 2.66. The topological polar surface area (TPSA) is 72.0 Å². The Bertz CT molecular complexity index is 715. The number of hydrogen-bond donors (Lipinski definition) is 2. The Hall–Kier alpha value is -3.02. The molecule has 0 saturated heterocycles. The number of hydrogen-bond acceptors (Lipinski definition) is 5. The molecule has 0 atom stereocenters. The normalized spacial score (nSPS) is 10.9. The number of hydrazone groups is 1. The number of methoxy groups -OCH3 is 2. The quantitative estimate of drug-likeness (QED) is 0.606. The number of carbonyl (C=O) groups is 1. The van der Waals surface area contributed by atoms with Gasteiger partial charge in [0.15, 0.2) is 11.5 Å². The molecule has 0 aromatic heterocycles. The van der Waals surface area contributed by atoms with Gasteiger partial charge in [-0.15, -0.1) is 0 Å². The van der Waals surface area contributed by atoms with Gasteiger partial charge in [-0.05, 0) is 37.3 Å². The van der Waals surface area contributed by atoms with Crippen LogP contribution in [-0.2, 0) is 4.79 Å². The van der Waals surface area contributed by atoms with Crippen molar-refractivity contribution in [3.05, 3.63) is 54.1 Å². The summed E-state index contributed by atoms with van der Waals surface area (Å²) in [5, 5.41) is 7.14. The van der Waals surface area contributed by atoms with Crippen molar-refractivity contribution in [1.29, 1.82) is 0 Å². The summed E-state index contributed by atoms with van der Waals surface area (Å²) in [6, 6.07) is 15.0. The van der Waals surface area contributed by atoms with Gasteiger partial charge in [-0.2, -0.15) is 5.10 Å². The average molecular weight is 327 g/mol. The highest BCUT2D eigenvalue weighted by Crippen LogP contribution is 2.27. The number of anilines is 1. The Morgan fingerprint density at radius 3 is 2.42 bits per heavy atom. The third kappa shape index (κ3) is 4.74. The molecule has 0 aliphatic carbocycles. The van der Waals surface area contributed by atoms with Crippen molar-refractivity contribution < 1.29 is 14.3 Å². The summed E-state index contributed by atoms with van der Waals surface area (Å²) in [6.45, 7) is 1.96.